The van der Waals surface area contributed by atoms with Crippen LogP contribution in [0, 0.1) is 6.92 Å². The van der Waals surface area contributed by atoms with Crippen LogP contribution in [0.3, 0.4) is 0 Å². The molecule has 0 saturated carbocycles. The van der Waals surface area contributed by atoms with Crippen molar-refractivity contribution in [2.75, 3.05) is 13.1 Å². The van der Waals surface area contributed by atoms with Crippen LogP contribution in [0.1, 0.15) is 22.8 Å². The normalized spacial score (nSPS) is 18.0. The van der Waals surface area contributed by atoms with E-state index in [4.69, 9.17) is 0 Å². The molecule has 19 heavy (non-hydrogen) atoms. The monoisotopic (exact) mass is 260 g/mol. The highest BCUT2D eigenvalue weighted by atomic mass is 16.2. The molecule has 0 spiro atoms. The number of carbonyl (C=O) groups excluding carboxylic acids is 3. The number of benzene rings is 1. The third-order valence-corrected chi connectivity index (χ3v) is 3.24. The van der Waals surface area contributed by atoms with Gasteiger partial charge in [0.25, 0.3) is 0 Å². The number of Topliss-reactive ketones (excluding diaryl/α,β-unsaturated/α-hetero) is 1. The smallest absolute Gasteiger partial charge is 0.240 e. The van der Waals surface area contributed by atoms with Gasteiger partial charge in [-0.15, -0.1) is 0 Å². The van der Waals surface area contributed by atoms with E-state index < -0.39 is 6.04 Å². The lowest BCUT2D eigenvalue weighted by molar-refractivity contribution is -0.136. The van der Waals surface area contributed by atoms with Crippen LogP contribution in [-0.4, -0.2) is 41.6 Å². The van der Waals surface area contributed by atoms with Crippen LogP contribution in [0.25, 0.3) is 0 Å². The first-order chi connectivity index (χ1) is 8.97. The molecule has 5 nitrogen and oxygen atoms in total. The number of amides is 2. The Bertz CT molecular complexity index is 506. The minimum absolute atomic E-state index is 0.0739. The van der Waals surface area contributed by atoms with Gasteiger partial charge in [0.2, 0.25) is 11.8 Å². The van der Waals surface area contributed by atoms with E-state index in [0.29, 0.717) is 5.56 Å². The van der Waals surface area contributed by atoms with Gasteiger partial charge in [-0.1, -0.05) is 29.8 Å². The minimum atomic E-state index is -0.488. The molecule has 1 atom stereocenters. The number of rotatable bonds is 3. The molecule has 1 aromatic rings. The number of aryl methyl sites for hydroxylation is 1. The van der Waals surface area contributed by atoms with Crippen molar-refractivity contribution in [1.82, 2.24) is 10.2 Å². The zero-order valence-electron chi connectivity index (χ0n) is 11.0. The Hall–Kier alpha value is -2.01. The summed E-state index contributed by atoms with van der Waals surface area (Å²) in [6, 6.07) is 6.78. The summed E-state index contributed by atoms with van der Waals surface area (Å²) in [4.78, 5) is 36.5. The van der Waals surface area contributed by atoms with E-state index >= 15 is 0 Å². The molecule has 1 N–H and O–H groups in total. The van der Waals surface area contributed by atoms with Gasteiger partial charge in [0, 0.05) is 5.56 Å². The molecule has 0 bridgehead atoms. The lowest BCUT2D eigenvalue weighted by Gasteiger charge is -2.30. The molecular formula is C14H16N2O3. The topological polar surface area (TPSA) is 66.5 Å². The SMILES string of the molecule is Cc1ccc(C(=O)C(C)N2CC(=O)NC(=O)C2)cc1. The van der Waals surface area contributed by atoms with Crippen LogP contribution in [0.15, 0.2) is 24.3 Å². The summed E-state index contributed by atoms with van der Waals surface area (Å²) in [7, 11) is 0. The molecule has 2 amide bonds. The van der Waals surface area contributed by atoms with E-state index in [1.165, 1.54) is 0 Å². The summed E-state index contributed by atoms with van der Waals surface area (Å²) in [5.41, 5.74) is 1.67. The average Bonchev–Trinajstić information content (AvgIpc) is 2.37. The van der Waals surface area contributed by atoms with E-state index in [1.54, 1.807) is 24.0 Å². The molecule has 0 radical (unpaired) electrons. The molecule has 0 aliphatic carbocycles. The lowest BCUT2D eigenvalue weighted by Crippen LogP contribution is -2.55. The Morgan fingerprint density at radius 1 is 1.16 bits per heavy atom. The Balaban J connectivity index is 2.12. The summed E-state index contributed by atoms with van der Waals surface area (Å²) in [6.45, 7) is 3.81. The molecule has 1 unspecified atom stereocenters. The molecular weight excluding hydrogens is 244 g/mol. The molecule has 1 aliphatic rings. The second kappa shape index (κ2) is 5.32. The molecule has 1 fully saturated rings. The number of hydrogen-bond donors (Lipinski definition) is 1. The molecule has 0 aromatic heterocycles. The first-order valence-corrected chi connectivity index (χ1v) is 6.15. The molecule has 1 aliphatic heterocycles. The van der Waals surface area contributed by atoms with Crippen LogP contribution < -0.4 is 5.32 Å². The number of piperazine rings is 1. The highest BCUT2D eigenvalue weighted by Crippen LogP contribution is 2.11. The van der Waals surface area contributed by atoms with Crippen molar-refractivity contribution in [3.05, 3.63) is 35.4 Å². The second-order valence-corrected chi connectivity index (χ2v) is 4.78. The maximum Gasteiger partial charge on any atom is 0.240 e. The van der Waals surface area contributed by atoms with Crippen molar-refractivity contribution in [3.63, 3.8) is 0 Å². The van der Waals surface area contributed by atoms with Crippen molar-refractivity contribution in [1.29, 1.82) is 0 Å². The van der Waals surface area contributed by atoms with Crippen molar-refractivity contribution in [2.24, 2.45) is 0 Å². The molecule has 100 valence electrons. The predicted molar refractivity (Wildman–Crippen MR) is 69.7 cm³/mol. The summed E-state index contributed by atoms with van der Waals surface area (Å²) in [5.74, 6) is -0.804. The molecule has 1 saturated heterocycles. The molecule has 1 aromatic carbocycles. The quantitative estimate of drug-likeness (QED) is 0.636. The van der Waals surface area contributed by atoms with Crippen LogP contribution in [0.4, 0.5) is 0 Å². The van der Waals surface area contributed by atoms with Crippen molar-refractivity contribution >= 4 is 17.6 Å². The summed E-state index contributed by atoms with van der Waals surface area (Å²) in [6.07, 6.45) is 0. The number of ketones is 1. The molecule has 2 rings (SSSR count). The average molecular weight is 260 g/mol. The highest BCUT2D eigenvalue weighted by Gasteiger charge is 2.30. The van der Waals surface area contributed by atoms with Crippen molar-refractivity contribution < 1.29 is 14.4 Å². The van der Waals surface area contributed by atoms with Crippen LogP contribution in [0.2, 0.25) is 0 Å². The van der Waals surface area contributed by atoms with E-state index in [0.717, 1.165) is 5.56 Å². The number of nitrogens with one attached hydrogen (secondary N) is 1. The van der Waals surface area contributed by atoms with Gasteiger partial charge in [-0.05, 0) is 13.8 Å². The van der Waals surface area contributed by atoms with Crippen LogP contribution >= 0.6 is 0 Å². The minimum Gasteiger partial charge on any atom is -0.294 e. The number of hydrogen-bond acceptors (Lipinski definition) is 4. The number of nitrogens with zero attached hydrogens (tertiary/aromatic N) is 1. The van der Waals surface area contributed by atoms with Gasteiger partial charge in [-0.2, -0.15) is 0 Å². The Labute approximate surface area is 111 Å². The first kappa shape index (κ1) is 13.4. The Kier molecular flexibility index (Phi) is 3.76. The second-order valence-electron chi connectivity index (χ2n) is 4.78. The van der Waals surface area contributed by atoms with E-state index in [1.807, 2.05) is 19.1 Å². The van der Waals surface area contributed by atoms with Crippen LogP contribution in [-0.2, 0) is 9.59 Å². The Morgan fingerprint density at radius 2 is 1.68 bits per heavy atom. The third kappa shape index (κ3) is 3.06. The lowest BCUT2D eigenvalue weighted by atomic mass is 10.0. The van der Waals surface area contributed by atoms with Gasteiger partial charge < -0.3 is 0 Å². The summed E-state index contributed by atoms with van der Waals surface area (Å²) >= 11 is 0. The summed E-state index contributed by atoms with van der Waals surface area (Å²) < 4.78 is 0. The highest BCUT2D eigenvalue weighted by molar-refractivity contribution is 6.03. The van der Waals surface area contributed by atoms with Gasteiger partial charge in [0.15, 0.2) is 5.78 Å². The zero-order valence-corrected chi connectivity index (χ0v) is 11.0. The Morgan fingerprint density at radius 3 is 2.21 bits per heavy atom. The third-order valence-electron chi connectivity index (χ3n) is 3.24. The van der Waals surface area contributed by atoms with Crippen molar-refractivity contribution in [2.45, 2.75) is 19.9 Å². The first-order valence-electron chi connectivity index (χ1n) is 6.15. The van der Waals surface area contributed by atoms with E-state index in [2.05, 4.69) is 5.32 Å². The molecule has 1 heterocycles. The fraction of sp³-hybridized carbons (Fsp3) is 0.357. The van der Waals surface area contributed by atoms with Gasteiger partial charge in [-0.3, -0.25) is 24.6 Å². The fourth-order valence-corrected chi connectivity index (χ4v) is 2.06. The van der Waals surface area contributed by atoms with Crippen molar-refractivity contribution in [3.8, 4) is 0 Å². The maximum absolute atomic E-state index is 12.3. The number of imide groups is 1. The number of carbonyl (C=O) groups is 3. The van der Waals surface area contributed by atoms with E-state index in [-0.39, 0.29) is 30.7 Å². The maximum atomic E-state index is 12.3. The van der Waals surface area contributed by atoms with E-state index in [9.17, 15) is 14.4 Å². The standard InChI is InChI=1S/C14H16N2O3/c1-9-3-5-11(6-4-9)14(19)10(2)16-7-12(17)15-13(18)8-16/h3-6,10H,7-8H2,1-2H3,(H,15,17,18). The van der Waals surface area contributed by atoms with Crippen LogP contribution in [0.5, 0.6) is 0 Å². The summed E-state index contributed by atoms with van der Waals surface area (Å²) in [5, 5.41) is 2.22. The van der Waals surface area contributed by atoms with Gasteiger partial charge in [-0.25, -0.2) is 0 Å². The van der Waals surface area contributed by atoms with Gasteiger partial charge in [0.1, 0.15) is 0 Å². The zero-order chi connectivity index (χ0) is 14.0. The fourth-order valence-electron chi connectivity index (χ4n) is 2.06. The largest absolute Gasteiger partial charge is 0.294 e. The van der Waals surface area contributed by atoms with Gasteiger partial charge >= 0.3 is 0 Å². The predicted octanol–water partition coefficient (Wildman–Crippen LogP) is 0.525. The van der Waals surface area contributed by atoms with Gasteiger partial charge in [0.05, 0.1) is 19.1 Å². The molecule has 5 heteroatoms.